The van der Waals surface area contributed by atoms with Crippen LogP contribution in [0.1, 0.15) is 32.4 Å². The summed E-state index contributed by atoms with van der Waals surface area (Å²) in [6.07, 6.45) is 2.21. The maximum absolute atomic E-state index is 12.1. The third-order valence-electron chi connectivity index (χ3n) is 4.66. The molecule has 1 aromatic carbocycles. The van der Waals surface area contributed by atoms with E-state index in [0.717, 1.165) is 6.26 Å². The molecule has 1 saturated heterocycles. The summed E-state index contributed by atoms with van der Waals surface area (Å²) in [6.45, 7) is 5.52. The summed E-state index contributed by atoms with van der Waals surface area (Å²) in [5.41, 5.74) is -0.289. The molecule has 10 heteroatoms. The number of ether oxygens (including phenoxy) is 2. The number of hydrogen-bond donors (Lipinski definition) is 0. The van der Waals surface area contributed by atoms with Gasteiger partial charge < -0.3 is 14.4 Å². The first-order valence-electron chi connectivity index (χ1n) is 8.61. The van der Waals surface area contributed by atoms with Gasteiger partial charge in [-0.25, -0.2) is 8.42 Å². The van der Waals surface area contributed by atoms with Crippen molar-refractivity contribution in [1.82, 2.24) is 4.90 Å². The molecule has 0 saturated carbocycles. The number of aliphatic imine (C=N–C) groups is 1. The molecule has 0 amide bonds. The number of sulfone groups is 1. The Morgan fingerprint density at radius 1 is 1.46 bits per heavy atom. The lowest BCUT2D eigenvalue weighted by atomic mass is 9.85. The topological polar surface area (TPSA) is 109 Å². The molecule has 1 aromatic rings. The van der Waals surface area contributed by atoms with E-state index in [9.17, 15) is 13.2 Å². The summed E-state index contributed by atoms with van der Waals surface area (Å²) >= 11 is 1.43. The van der Waals surface area contributed by atoms with Gasteiger partial charge in [-0.3, -0.25) is 4.79 Å². The zero-order chi connectivity index (χ0) is 20.7. The Morgan fingerprint density at radius 3 is 2.79 bits per heavy atom. The minimum Gasteiger partial charge on any atom is -0.484 e. The van der Waals surface area contributed by atoms with E-state index in [1.54, 1.807) is 18.3 Å². The molecule has 2 unspecified atom stereocenters. The summed E-state index contributed by atoms with van der Waals surface area (Å²) in [7, 11) is -3.45. The third-order valence-corrected chi connectivity index (χ3v) is 6.74. The first-order chi connectivity index (χ1) is 13.0. The van der Waals surface area contributed by atoms with Gasteiger partial charge in [0.05, 0.1) is 4.90 Å². The fraction of sp³-hybridized carbons (Fsp3) is 0.500. The molecule has 0 spiro atoms. The molecule has 0 N–H and O–H groups in total. The molecule has 2 aliphatic rings. The van der Waals surface area contributed by atoms with Crippen molar-refractivity contribution >= 4 is 32.7 Å². The van der Waals surface area contributed by atoms with Crippen LogP contribution in [-0.4, -0.2) is 54.7 Å². The first-order valence-corrected chi connectivity index (χ1v) is 11.5. The second-order valence-electron chi connectivity index (χ2n) is 7.19. The molecule has 0 radical (unpaired) electrons. The van der Waals surface area contributed by atoms with E-state index >= 15 is 0 Å². The van der Waals surface area contributed by atoms with Crippen molar-refractivity contribution in [2.45, 2.75) is 43.4 Å². The van der Waals surface area contributed by atoms with Crippen LogP contribution in [0.4, 0.5) is 0 Å². The molecule has 3 rings (SSSR count). The van der Waals surface area contributed by atoms with Gasteiger partial charge in [0, 0.05) is 31.0 Å². The van der Waals surface area contributed by atoms with Gasteiger partial charge in [0.2, 0.25) is 6.19 Å². The van der Waals surface area contributed by atoms with Crippen molar-refractivity contribution in [3.05, 3.63) is 23.8 Å². The van der Waals surface area contributed by atoms with Crippen molar-refractivity contribution in [1.29, 1.82) is 5.26 Å². The van der Waals surface area contributed by atoms with Crippen molar-refractivity contribution in [3.8, 4) is 11.9 Å². The standard InChI is InChI=1S/C18H21N3O5S2/c1-11(22)25-16-15(21-7-8-27-17(21)20-10-19)13-9-12(28(4,23)24)5-6-14(13)26-18(16,2)3/h5-6,9,15-16H,7-8H2,1-4H3. The lowest BCUT2D eigenvalue weighted by molar-refractivity contribution is -0.166. The zero-order valence-electron chi connectivity index (χ0n) is 16.0. The van der Waals surface area contributed by atoms with Gasteiger partial charge in [-0.05, 0) is 32.0 Å². The predicted octanol–water partition coefficient (Wildman–Crippen LogP) is 2.12. The summed E-state index contributed by atoms with van der Waals surface area (Å²) in [4.78, 5) is 17.8. The summed E-state index contributed by atoms with van der Waals surface area (Å²) in [5, 5.41) is 9.55. The summed E-state index contributed by atoms with van der Waals surface area (Å²) in [5.74, 6) is 0.755. The van der Waals surface area contributed by atoms with E-state index in [1.165, 1.54) is 24.8 Å². The van der Waals surface area contributed by atoms with E-state index in [4.69, 9.17) is 14.7 Å². The number of benzene rings is 1. The highest BCUT2D eigenvalue weighted by atomic mass is 32.2. The Kier molecular flexibility index (Phi) is 5.34. The Balaban J connectivity index is 2.22. The number of carbonyl (C=O) groups excluding carboxylic acids is 1. The number of amidine groups is 1. The van der Waals surface area contributed by atoms with E-state index < -0.39 is 33.6 Å². The minimum atomic E-state index is -3.45. The maximum atomic E-state index is 12.1. The maximum Gasteiger partial charge on any atom is 0.303 e. The van der Waals surface area contributed by atoms with Crippen LogP contribution < -0.4 is 4.74 Å². The average Bonchev–Trinajstić information content (AvgIpc) is 3.02. The molecule has 0 aromatic heterocycles. The van der Waals surface area contributed by atoms with Crippen LogP contribution in [0.2, 0.25) is 0 Å². The normalized spacial score (nSPS) is 25.0. The van der Waals surface area contributed by atoms with E-state index in [0.29, 0.717) is 28.8 Å². The highest BCUT2D eigenvalue weighted by Gasteiger charge is 2.50. The van der Waals surface area contributed by atoms with Crippen molar-refractivity contribution < 1.29 is 22.7 Å². The number of nitriles is 1. The number of rotatable bonds is 3. The number of carbonyl (C=O) groups is 1. The van der Waals surface area contributed by atoms with Crippen LogP contribution in [0.15, 0.2) is 28.1 Å². The lowest BCUT2D eigenvalue weighted by Crippen LogP contribution is -2.55. The van der Waals surface area contributed by atoms with Crippen LogP contribution in [0, 0.1) is 11.5 Å². The fourth-order valence-electron chi connectivity index (χ4n) is 3.49. The van der Waals surface area contributed by atoms with E-state index in [-0.39, 0.29) is 4.90 Å². The Hall–Kier alpha value is -2.25. The van der Waals surface area contributed by atoms with Gasteiger partial charge >= 0.3 is 5.97 Å². The smallest absolute Gasteiger partial charge is 0.303 e. The number of thioether (sulfide) groups is 1. The monoisotopic (exact) mass is 423 g/mol. The number of nitrogens with zero attached hydrogens (tertiary/aromatic N) is 3. The quantitative estimate of drug-likeness (QED) is 0.537. The highest BCUT2D eigenvalue weighted by molar-refractivity contribution is 8.14. The summed E-state index contributed by atoms with van der Waals surface area (Å²) in [6, 6.07) is 4.13. The molecular weight excluding hydrogens is 402 g/mol. The molecule has 2 heterocycles. The highest BCUT2D eigenvalue weighted by Crippen LogP contribution is 2.47. The third kappa shape index (κ3) is 3.82. The van der Waals surface area contributed by atoms with Gasteiger partial charge in [-0.15, -0.1) is 4.99 Å². The second kappa shape index (κ2) is 7.29. The van der Waals surface area contributed by atoms with Gasteiger partial charge in [-0.2, -0.15) is 5.26 Å². The van der Waals surface area contributed by atoms with Crippen LogP contribution in [-0.2, 0) is 19.4 Å². The number of hydrogen-bond acceptors (Lipinski definition) is 8. The largest absolute Gasteiger partial charge is 0.484 e. The van der Waals surface area contributed by atoms with Crippen LogP contribution >= 0.6 is 11.8 Å². The number of fused-ring (bicyclic) bond motifs is 1. The SMILES string of the molecule is CC(=O)OC1C(N2CCSC2=NC#N)c2cc(S(C)(=O)=O)ccc2OC1(C)C. The van der Waals surface area contributed by atoms with Crippen LogP contribution in [0.5, 0.6) is 5.75 Å². The Bertz CT molecular complexity index is 981. The van der Waals surface area contributed by atoms with Gasteiger partial charge in [0.1, 0.15) is 17.4 Å². The van der Waals surface area contributed by atoms with Crippen molar-refractivity contribution in [2.24, 2.45) is 4.99 Å². The fourth-order valence-corrected chi connectivity index (χ4v) is 5.10. The molecule has 2 aliphatic heterocycles. The van der Waals surface area contributed by atoms with Crippen LogP contribution in [0.3, 0.4) is 0 Å². The van der Waals surface area contributed by atoms with E-state index in [2.05, 4.69) is 4.99 Å². The number of esters is 1. The predicted molar refractivity (Wildman–Crippen MR) is 105 cm³/mol. The average molecular weight is 424 g/mol. The molecule has 2 atom stereocenters. The first kappa shape index (κ1) is 20.5. The molecule has 1 fully saturated rings. The zero-order valence-corrected chi connectivity index (χ0v) is 17.6. The lowest BCUT2D eigenvalue weighted by Gasteiger charge is -2.47. The molecule has 8 nitrogen and oxygen atoms in total. The molecular formula is C18H21N3O5S2. The van der Waals surface area contributed by atoms with Crippen molar-refractivity contribution in [2.75, 3.05) is 18.6 Å². The Labute approximate surface area is 168 Å². The van der Waals surface area contributed by atoms with Crippen LogP contribution in [0.25, 0.3) is 0 Å². The van der Waals surface area contributed by atoms with Crippen molar-refractivity contribution in [3.63, 3.8) is 0 Å². The Morgan fingerprint density at radius 2 is 2.18 bits per heavy atom. The molecule has 0 aliphatic carbocycles. The molecule has 28 heavy (non-hydrogen) atoms. The minimum absolute atomic E-state index is 0.145. The van der Waals surface area contributed by atoms with E-state index in [1.807, 2.05) is 18.7 Å². The summed E-state index contributed by atoms with van der Waals surface area (Å²) < 4.78 is 35.9. The second-order valence-corrected chi connectivity index (χ2v) is 10.3. The van der Waals surface area contributed by atoms with Gasteiger partial charge in [0.25, 0.3) is 0 Å². The van der Waals surface area contributed by atoms with Gasteiger partial charge in [-0.1, -0.05) is 11.8 Å². The molecule has 0 bridgehead atoms. The van der Waals surface area contributed by atoms with Gasteiger partial charge in [0.15, 0.2) is 21.1 Å². The molecule has 150 valence electrons.